The number of hydrogen-bond acceptors (Lipinski definition) is 6. The number of likely N-dealkylation sites (N-methyl/N-ethyl adjacent to an activating group) is 1. The number of nitrogens with one attached hydrogen (secondary N) is 1. The molecule has 0 radical (unpaired) electrons. The predicted molar refractivity (Wildman–Crippen MR) is 83.2 cm³/mol. The third kappa shape index (κ3) is 5.64. The Bertz CT molecular complexity index is 658. The van der Waals surface area contributed by atoms with Crippen LogP contribution in [0.4, 0.5) is 4.79 Å². The molecule has 1 heterocycles. The molecule has 0 saturated heterocycles. The summed E-state index contributed by atoms with van der Waals surface area (Å²) in [5.74, 6) is -0.806. The number of rotatable bonds is 4. The highest BCUT2D eigenvalue weighted by Gasteiger charge is 2.24. The van der Waals surface area contributed by atoms with Gasteiger partial charge < -0.3 is 9.64 Å². The SMILES string of the molecule is Cc1ccc(S(=O)(=O)NC(=O)CN(C)C(=O)OC(C)(C)C)s1. The molecule has 2 amide bonds. The number of ether oxygens (including phenoxy) is 1. The number of carbonyl (C=O) groups is 2. The Balaban J connectivity index is 2.64. The van der Waals surface area contributed by atoms with E-state index in [2.05, 4.69) is 0 Å². The summed E-state index contributed by atoms with van der Waals surface area (Å²) in [6.45, 7) is 6.44. The first-order valence-corrected chi connectivity index (χ1v) is 8.77. The molecule has 0 unspecified atom stereocenters. The number of sulfonamides is 1. The summed E-state index contributed by atoms with van der Waals surface area (Å²) in [5, 5.41) is 0. The highest BCUT2D eigenvalue weighted by molar-refractivity contribution is 7.92. The first-order valence-electron chi connectivity index (χ1n) is 6.47. The number of aryl methyl sites for hydroxylation is 1. The standard InChI is InChI=1S/C13H20N2O5S2/c1-9-6-7-11(21-9)22(18,19)14-10(16)8-15(5)12(17)20-13(2,3)4/h6-7H,8H2,1-5H3,(H,14,16). The van der Waals surface area contributed by atoms with E-state index in [-0.39, 0.29) is 4.21 Å². The van der Waals surface area contributed by atoms with Crippen molar-refractivity contribution in [2.24, 2.45) is 0 Å². The van der Waals surface area contributed by atoms with Crippen molar-refractivity contribution in [3.05, 3.63) is 17.0 Å². The second-order valence-electron chi connectivity index (χ2n) is 5.73. The van der Waals surface area contributed by atoms with E-state index < -0.39 is 34.2 Å². The van der Waals surface area contributed by atoms with Crippen LogP contribution in [0.1, 0.15) is 25.6 Å². The topological polar surface area (TPSA) is 92.8 Å². The van der Waals surface area contributed by atoms with Crippen LogP contribution < -0.4 is 4.72 Å². The molecule has 1 aromatic rings. The van der Waals surface area contributed by atoms with Crippen LogP contribution >= 0.6 is 11.3 Å². The molecule has 0 aromatic carbocycles. The third-order valence-electron chi connectivity index (χ3n) is 2.31. The van der Waals surface area contributed by atoms with Gasteiger partial charge in [-0.05, 0) is 39.8 Å². The Kier molecular flexibility index (Phi) is 5.58. The molecule has 9 heteroatoms. The zero-order valence-corrected chi connectivity index (χ0v) is 14.8. The Morgan fingerprint density at radius 2 is 1.91 bits per heavy atom. The first kappa shape index (κ1) is 18.4. The van der Waals surface area contributed by atoms with Gasteiger partial charge in [0, 0.05) is 11.9 Å². The monoisotopic (exact) mass is 348 g/mol. The van der Waals surface area contributed by atoms with Crippen LogP contribution in [0.25, 0.3) is 0 Å². The largest absolute Gasteiger partial charge is 0.444 e. The molecule has 0 aliphatic rings. The molecule has 1 aromatic heterocycles. The molecule has 124 valence electrons. The smallest absolute Gasteiger partial charge is 0.410 e. The van der Waals surface area contributed by atoms with Crippen molar-refractivity contribution in [2.75, 3.05) is 13.6 Å². The average Bonchev–Trinajstić information content (AvgIpc) is 2.73. The highest BCUT2D eigenvalue weighted by Crippen LogP contribution is 2.20. The molecule has 0 aliphatic carbocycles. The van der Waals surface area contributed by atoms with E-state index in [1.165, 1.54) is 13.1 Å². The summed E-state index contributed by atoms with van der Waals surface area (Å²) in [7, 11) is -2.55. The molecule has 0 saturated carbocycles. The van der Waals surface area contributed by atoms with Crippen molar-refractivity contribution in [3.8, 4) is 0 Å². The zero-order valence-electron chi connectivity index (χ0n) is 13.2. The van der Waals surface area contributed by atoms with Gasteiger partial charge in [-0.25, -0.2) is 17.9 Å². The number of thiophene rings is 1. The van der Waals surface area contributed by atoms with Crippen molar-refractivity contribution in [1.29, 1.82) is 0 Å². The number of hydrogen-bond donors (Lipinski definition) is 1. The van der Waals surface area contributed by atoms with E-state index in [1.807, 2.05) is 4.72 Å². The van der Waals surface area contributed by atoms with Crippen molar-refractivity contribution in [2.45, 2.75) is 37.5 Å². The summed E-state index contributed by atoms with van der Waals surface area (Å²) in [5.41, 5.74) is -0.692. The molecule has 1 N–H and O–H groups in total. The second kappa shape index (κ2) is 6.66. The maximum Gasteiger partial charge on any atom is 0.410 e. The van der Waals surface area contributed by atoms with E-state index in [0.717, 1.165) is 21.1 Å². The molecule has 0 aliphatic heterocycles. The molecule has 1 rings (SSSR count). The van der Waals surface area contributed by atoms with Gasteiger partial charge in [-0.1, -0.05) is 0 Å². The fourth-order valence-electron chi connectivity index (χ4n) is 1.41. The Labute approximate surface area is 134 Å². The molecule has 0 fully saturated rings. The molecular weight excluding hydrogens is 328 g/mol. The molecule has 22 heavy (non-hydrogen) atoms. The van der Waals surface area contributed by atoms with E-state index >= 15 is 0 Å². The van der Waals surface area contributed by atoms with Gasteiger partial charge in [0.1, 0.15) is 16.4 Å². The maximum absolute atomic E-state index is 12.0. The number of amides is 2. The minimum absolute atomic E-state index is 0.0540. The molecular formula is C13H20N2O5S2. The van der Waals surface area contributed by atoms with E-state index in [1.54, 1.807) is 33.8 Å². The second-order valence-corrected chi connectivity index (χ2v) is 8.93. The summed E-state index contributed by atoms with van der Waals surface area (Å²) < 4.78 is 31.0. The predicted octanol–water partition coefficient (Wildman–Crippen LogP) is 1.73. The maximum atomic E-state index is 12.0. The lowest BCUT2D eigenvalue weighted by atomic mass is 10.2. The first-order chi connectivity index (χ1) is 9.90. The summed E-state index contributed by atoms with van der Waals surface area (Å²) >= 11 is 1.06. The van der Waals surface area contributed by atoms with Gasteiger partial charge in [0.15, 0.2) is 0 Å². The lowest BCUT2D eigenvalue weighted by molar-refractivity contribution is -0.120. The lowest BCUT2D eigenvalue weighted by Gasteiger charge is -2.24. The van der Waals surface area contributed by atoms with Crippen LogP contribution in [-0.2, 0) is 19.6 Å². The minimum atomic E-state index is -3.90. The molecule has 0 spiro atoms. The molecule has 7 nitrogen and oxygen atoms in total. The quantitative estimate of drug-likeness (QED) is 0.894. The molecule has 0 bridgehead atoms. The zero-order chi connectivity index (χ0) is 17.1. The minimum Gasteiger partial charge on any atom is -0.444 e. The van der Waals surface area contributed by atoms with E-state index in [0.29, 0.717) is 0 Å². The van der Waals surface area contributed by atoms with Crippen molar-refractivity contribution >= 4 is 33.4 Å². The van der Waals surface area contributed by atoms with Gasteiger partial charge in [-0.3, -0.25) is 4.79 Å². The summed E-state index contributed by atoms with van der Waals surface area (Å²) in [4.78, 5) is 25.3. The van der Waals surface area contributed by atoms with Crippen molar-refractivity contribution in [1.82, 2.24) is 9.62 Å². The van der Waals surface area contributed by atoms with Crippen LogP contribution in [0.2, 0.25) is 0 Å². The lowest BCUT2D eigenvalue weighted by Crippen LogP contribution is -2.42. The average molecular weight is 348 g/mol. The van der Waals surface area contributed by atoms with Gasteiger partial charge in [-0.2, -0.15) is 0 Å². The van der Waals surface area contributed by atoms with Gasteiger partial charge in [0.25, 0.3) is 15.9 Å². The van der Waals surface area contributed by atoms with E-state index in [4.69, 9.17) is 4.74 Å². The Morgan fingerprint density at radius 3 is 2.36 bits per heavy atom. The number of carbonyl (C=O) groups excluding carboxylic acids is 2. The van der Waals surface area contributed by atoms with Crippen LogP contribution in [0.3, 0.4) is 0 Å². The van der Waals surface area contributed by atoms with Crippen LogP contribution in [-0.4, -0.2) is 44.5 Å². The Morgan fingerprint density at radius 1 is 1.32 bits per heavy atom. The molecule has 0 atom stereocenters. The van der Waals surface area contributed by atoms with E-state index in [9.17, 15) is 18.0 Å². The fraction of sp³-hybridized carbons (Fsp3) is 0.538. The highest BCUT2D eigenvalue weighted by atomic mass is 32.2. The Hall–Kier alpha value is -1.61. The third-order valence-corrected chi connectivity index (χ3v) is 5.18. The van der Waals surface area contributed by atoms with Crippen LogP contribution in [0, 0.1) is 6.92 Å². The normalized spacial score (nSPS) is 11.9. The van der Waals surface area contributed by atoms with Crippen molar-refractivity contribution < 1.29 is 22.7 Å². The summed E-state index contributed by atoms with van der Waals surface area (Å²) in [6.07, 6.45) is -0.702. The van der Waals surface area contributed by atoms with Gasteiger partial charge in [0.2, 0.25) is 0 Å². The van der Waals surface area contributed by atoms with Gasteiger partial charge >= 0.3 is 6.09 Å². The summed E-state index contributed by atoms with van der Waals surface area (Å²) in [6, 6.07) is 3.07. The van der Waals surface area contributed by atoms with Crippen molar-refractivity contribution in [3.63, 3.8) is 0 Å². The van der Waals surface area contributed by atoms with Crippen LogP contribution in [0.5, 0.6) is 0 Å². The van der Waals surface area contributed by atoms with Gasteiger partial charge in [0.05, 0.1) is 0 Å². The van der Waals surface area contributed by atoms with Crippen LogP contribution in [0.15, 0.2) is 16.3 Å². The number of nitrogens with zero attached hydrogens (tertiary/aromatic N) is 1. The van der Waals surface area contributed by atoms with Gasteiger partial charge in [-0.15, -0.1) is 11.3 Å². The fourth-order valence-corrected chi connectivity index (χ4v) is 3.67.